The third-order valence-electron chi connectivity index (χ3n) is 3.73. The molecule has 0 spiro atoms. The zero-order valence-electron chi connectivity index (χ0n) is 15.1. The van der Waals surface area contributed by atoms with Crippen molar-refractivity contribution in [3.8, 4) is 0 Å². The van der Waals surface area contributed by atoms with Gasteiger partial charge >= 0.3 is 5.97 Å². The Morgan fingerprint density at radius 2 is 1.80 bits per heavy atom. The van der Waals surface area contributed by atoms with Gasteiger partial charge in [-0.2, -0.15) is 8.42 Å². The Bertz CT molecular complexity index is 669. The number of benzene rings is 1. The Morgan fingerprint density at radius 3 is 2.28 bits per heavy atom. The van der Waals surface area contributed by atoms with Gasteiger partial charge in [-0.3, -0.25) is 8.98 Å². The SMILES string of the molecule is CCOC(=O)C(CC(C)C)C(COS(=O)(=O)c1ccc(C)cc1)[PH2]=O. The molecule has 0 saturated carbocycles. The third-order valence-corrected chi connectivity index (χ3v) is 6.03. The Hall–Kier alpha value is -1.17. The van der Waals surface area contributed by atoms with Crippen molar-refractivity contribution in [3.05, 3.63) is 29.8 Å². The lowest BCUT2D eigenvalue weighted by Gasteiger charge is -2.23. The van der Waals surface area contributed by atoms with Gasteiger partial charge in [0.25, 0.3) is 10.1 Å². The van der Waals surface area contributed by atoms with E-state index in [4.69, 9.17) is 8.92 Å². The molecular weight excluding hydrogens is 363 g/mol. The molecule has 0 saturated heterocycles. The van der Waals surface area contributed by atoms with Crippen LogP contribution in [0.1, 0.15) is 32.8 Å². The van der Waals surface area contributed by atoms with Crippen LogP contribution in [0.4, 0.5) is 0 Å². The van der Waals surface area contributed by atoms with Crippen LogP contribution in [0, 0.1) is 18.8 Å². The van der Waals surface area contributed by atoms with Gasteiger partial charge in [0.15, 0.2) is 0 Å². The molecule has 0 amide bonds. The predicted octanol–water partition coefficient (Wildman–Crippen LogP) is 3.05. The molecule has 0 N–H and O–H groups in total. The maximum absolute atomic E-state index is 12.3. The molecule has 0 aromatic heterocycles. The van der Waals surface area contributed by atoms with Gasteiger partial charge in [0.1, 0.15) is 0 Å². The summed E-state index contributed by atoms with van der Waals surface area (Å²) in [5.41, 5.74) is 0.252. The van der Waals surface area contributed by atoms with Gasteiger partial charge in [-0.25, -0.2) is 0 Å². The summed E-state index contributed by atoms with van der Waals surface area (Å²) in [7, 11) is -5.36. The fraction of sp³-hybridized carbons (Fsp3) is 0.588. The van der Waals surface area contributed by atoms with Gasteiger partial charge in [0.2, 0.25) is 0 Å². The summed E-state index contributed by atoms with van der Waals surface area (Å²) in [5.74, 6) is -0.918. The van der Waals surface area contributed by atoms with Crippen molar-refractivity contribution in [1.29, 1.82) is 0 Å². The van der Waals surface area contributed by atoms with Gasteiger partial charge in [-0.05, 0) is 38.3 Å². The highest BCUT2D eigenvalue weighted by molar-refractivity contribution is 7.86. The van der Waals surface area contributed by atoms with E-state index in [0.717, 1.165) is 5.56 Å². The number of ether oxygens (including phenoxy) is 1. The maximum Gasteiger partial charge on any atom is 0.309 e. The van der Waals surface area contributed by atoms with Crippen LogP contribution in [0.5, 0.6) is 0 Å². The van der Waals surface area contributed by atoms with Crippen molar-refractivity contribution in [2.24, 2.45) is 11.8 Å². The molecule has 0 fully saturated rings. The highest BCUT2D eigenvalue weighted by Gasteiger charge is 2.31. The van der Waals surface area contributed by atoms with Gasteiger partial charge in [-0.1, -0.05) is 31.5 Å². The average molecular weight is 390 g/mol. The van der Waals surface area contributed by atoms with Crippen molar-refractivity contribution < 1.29 is 26.7 Å². The minimum absolute atomic E-state index is 0.0364. The predicted molar refractivity (Wildman–Crippen MR) is 98.1 cm³/mol. The van der Waals surface area contributed by atoms with Crippen molar-refractivity contribution in [2.75, 3.05) is 13.2 Å². The molecule has 0 bridgehead atoms. The summed E-state index contributed by atoms with van der Waals surface area (Å²) in [6.45, 7) is 7.34. The summed E-state index contributed by atoms with van der Waals surface area (Å²) in [4.78, 5) is 12.2. The van der Waals surface area contributed by atoms with Crippen LogP contribution in [0.3, 0.4) is 0 Å². The van der Waals surface area contributed by atoms with Crippen molar-refractivity contribution in [3.63, 3.8) is 0 Å². The van der Waals surface area contributed by atoms with Gasteiger partial charge in [0, 0.05) is 5.66 Å². The number of carbonyl (C=O) groups excluding carboxylic acids is 1. The molecule has 1 rings (SSSR count). The summed E-state index contributed by atoms with van der Waals surface area (Å²) in [5, 5.41) is 0. The molecule has 6 nitrogen and oxygen atoms in total. The summed E-state index contributed by atoms with van der Waals surface area (Å²) in [6.07, 6.45) is 0.465. The Kier molecular flexibility index (Phi) is 8.83. The molecule has 1 aromatic carbocycles. The summed E-state index contributed by atoms with van der Waals surface area (Å²) >= 11 is 0. The number of hydrogen-bond acceptors (Lipinski definition) is 6. The fourth-order valence-electron chi connectivity index (χ4n) is 2.39. The van der Waals surface area contributed by atoms with Gasteiger partial charge in [-0.15, -0.1) is 0 Å². The first-order valence-corrected chi connectivity index (χ1v) is 10.8. The van der Waals surface area contributed by atoms with Crippen molar-refractivity contribution >= 4 is 24.5 Å². The second-order valence-electron chi connectivity index (χ2n) is 6.34. The number of esters is 1. The minimum Gasteiger partial charge on any atom is -0.466 e. The lowest BCUT2D eigenvalue weighted by Crippen LogP contribution is -2.32. The van der Waals surface area contributed by atoms with E-state index in [1.54, 1.807) is 19.1 Å². The van der Waals surface area contributed by atoms with E-state index in [2.05, 4.69) is 0 Å². The smallest absolute Gasteiger partial charge is 0.309 e. The molecule has 3 unspecified atom stereocenters. The highest BCUT2D eigenvalue weighted by atomic mass is 32.2. The van der Waals surface area contributed by atoms with E-state index < -0.39 is 36.1 Å². The van der Waals surface area contributed by atoms with Crippen LogP contribution in [-0.2, 0) is 28.4 Å². The van der Waals surface area contributed by atoms with E-state index in [0.29, 0.717) is 6.42 Å². The van der Waals surface area contributed by atoms with E-state index in [1.165, 1.54) is 12.1 Å². The topological polar surface area (TPSA) is 86.7 Å². The minimum atomic E-state index is -3.96. The zero-order chi connectivity index (χ0) is 19.0. The van der Waals surface area contributed by atoms with Crippen LogP contribution in [0.2, 0.25) is 0 Å². The van der Waals surface area contributed by atoms with E-state index >= 15 is 0 Å². The quantitative estimate of drug-likeness (QED) is 0.347. The van der Waals surface area contributed by atoms with Crippen LogP contribution in [-0.4, -0.2) is 33.3 Å². The number of rotatable bonds is 10. The van der Waals surface area contributed by atoms with Crippen LogP contribution in [0.25, 0.3) is 0 Å². The maximum atomic E-state index is 12.3. The molecular formula is C17H27O6PS. The average Bonchev–Trinajstić information content (AvgIpc) is 2.54. The lowest BCUT2D eigenvalue weighted by atomic mass is 9.94. The molecule has 3 atom stereocenters. The molecule has 0 radical (unpaired) electrons. The van der Waals surface area contributed by atoms with Crippen LogP contribution in [0.15, 0.2) is 29.2 Å². The molecule has 0 aliphatic rings. The molecule has 0 heterocycles. The summed E-state index contributed by atoms with van der Waals surface area (Å²) in [6, 6.07) is 6.26. The largest absolute Gasteiger partial charge is 0.466 e. The first-order chi connectivity index (χ1) is 11.7. The van der Waals surface area contributed by atoms with Crippen LogP contribution < -0.4 is 0 Å². The third kappa shape index (κ3) is 6.92. The lowest BCUT2D eigenvalue weighted by molar-refractivity contribution is -0.148. The Labute approximate surface area is 151 Å². The second kappa shape index (κ2) is 10.1. The molecule has 8 heteroatoms. The fourth-order valence-corrected chi connectivity index (χ4v) is 4.15. The molecule has 0 aliphatic carbocycles. The van der Waals surface area contributed by atoms with Crippen molar-refractivity contribution in [1.82, 2.24) is 0 Å². The number of aryl methyl sites for hydroxylation is 1. The number of carbonyl (C=O) groups is 1. The zero-order valence-corrected chi connectivity index (χ0v) is 17.1. The normalized spacial score (nSPS) is 14.8. The van der Waals surface area contributed by atoms with Gasteiger partial charge < -0.3 is 9.30 Å². The Balaban J connectivity index is 2.89. The first kappa shape index (κ1) is 21.9. The second-order valence-corrected chi connectivity index (χ2v) is 9.08. The van der Waals surface area contributed by atoms with E-state index in [1.807, 2.05) is 20.8 Å². The Morgan fingerprint density at radius 1 is 1.20 bits per heavy atom. The molecule has 0 aliphatic heterocycles. The standard InChI is InChI=1S/C17H27O6PS/c1-5-22-17(18)15(10-12(2)3)16(24-19)11-23-25(20,21)14-8-6-13(4)7-9-14/h6-9,12,15-16H,5,10-11,24H2,1-4H3. The van der Waals surface area contributed by atoms with Crippen LogP contribution >= 0.6 is 8.46 Å². The number of hydrogen-bond donors (Lipinski definition) is 0. The molecule has 1 aromatic rings. The highest BCUT2D eigenvalue weighted by Crippen LogP contribution is 2.27. The monoisotopic (exact) mass is 390 g/mol. The molecule has 142 valence electrons. The first-order valence-electron chi connectivity index (χ1n) is 8.29. The van der Waals surface area contributed by atoms with E-state index in [9.17, 15) is 17.8 Å². The molecule has 25 heavy (non-hydrogen) atoms. The summed E-state index contributed by atoms with van der Waals surface area (Å²) < 4.78 is 46.3. The van der Waals surface area contributed by atoms with Gasteiger partial charge in [0.05, 0.1) is 32.5 Å². The van der Waals surface area contributed by atoms with Crippen molar-refractivity contribution in [2.45, 2.75) is 44.7 Å². The van der Waals surface area contributed by atoms with E-state index in [-0.39, 0.29) is 24.0 Å².